The van der Waals surface area contributed by atoms with Crippen LogP contribution in [0.25, 0.3) is 0 Å². The van der Waals surface area contributed by atoms with Gasteiger partial charge in [0.25, 0.3) is 0 Å². The molecular formula is C6H9NO3. The van der Waals surface area contributed by atoms with Crippen LogP contribution in [0.4, 0.5) is 4.79 Å². The lowest BCUT2D eigenvalue weighted by Crippen LogP contribution is -2.42. The van der Waals surface area contributed by atoms with Crippen LogP contribution in [0.2, 0.25) is 0 Å². The highest BCUT2D eigenvalue weighted by molar-refractivity contribution is 5.67. The van der Waals surface area contributed by atoms with E-state index in [4.69, 9.17) is 5.21 Å². The zero-order chi connectivity index (χ0) is 7.56. The topological polar surface area (TPSA) is 49.8 Å². The lowest BCUT2D eigenvalue weighted by molar-refractivity contribution is -0.116. The molecular weight excluding hydrogens is 134 g/mol. The van der Waals surface area contributed by atoms with Crippen molar-refractivity contribution < 1.29 is 14.7 Å². The van der Waals surface area contributed by atoms with Gasteiger partial charge in [0, 0.05) is 6.42 Å². The molecule has 4 heteroatoms. The first-order chi connectivity index (χ1) is 4.75. The molecule has 1 N–H and O–H groups in total. The van der Waals surface area contributed by atoms with E-state index in [1.54, 1.807) is 0 Å². The van der Waals surface area contributed by atoms with E-state index in [0.29, 0.717) is 18.1 Å². The van der Waals surface area contributed by atoms with Gasteiger partial charge in [-0.05, 0) is 0 Å². The van der Waals surface area contributed by atoms with Gasteiger partial charge in [0.05, 0.1) is 12.6 Å². The van der Waals surface area contributed by atoms with E-state index in [1.165, 1.54) is 6.08 Å². The number of ether oxygens (including phenoxy) is 1. The molecule has 0 bridgehead atoms. The van der Waals surface area contributed by atoms with Crippen molar-refractivity contribution in [2.45, 2.75) is 12.5 Å². The van der Waals surface area contributed by atoms with Gasteiger partial charge in [0.15, 0.2) is 0 Å². The lowest BCUT2D eigenvalue weighted by atomic mass is 10.2. The third kappa shape index (κ3) is 1.11. The number of cyclic esters (lactones) is 1. The molecule has 1 atom stereocenters. The average Bonchev–Trinajstić information content (AvgIpc) is 1.95. The average molecular weight is 143 g/mol. The van der Waals surface area contributed by atoms with Crippen LogP contribution in [0, 0.1) is 0 Å². The summed E-state index contributed by atoms with van der Waals surface area (Å²) in [6.45, 7) is 3.81. The van der Waals surface area contributed by atoms with Crippen molar-refractivity contribution in [2.75, 3.05) is 6.61 Å². The zero-order valence-corrected chi connectivity index (χ0v) is 5.49. The molecule has 1 saturated heterocycles. The number of hydrogen-bond donors (Lipinski definition) is 1. The summed E-state index contributed by atoms with van der Waals surface area (Å²) < 4.78 is 4.51. The highest BCUT2D eigenvalue weighted by Crippen LogP contribution is 2.10. The summed E-state index contributed by atoms with van der Waals surface area (Å²) >= 11 is 0. The van der Waals surface area contributed by atoms with Crippen molar-refractivity contribution in [2.24, 2.45) is 0 Å². The smallest absolute Gasteiger partial charge is 0.434 e. The quantitative estimate of drug-likeness (QED) is 0.435. The molecule has 10 heavy (non-hydrogen) atoms. The van der Waals surface area contributed by atoms with E-state index in [0.717, 1.165) is 0 Å². The fourth-order valence-electron chi connectivity index (χ4n) is 0.808. The molecule has 0 radical (unpaired) electrons. The number of nitrogens with zero attached hydrogens (tertiary/aromatic N) is 1. The summed E-state index contributed by atoms with van der Waals surface area (Å²) in [4.78, 5) is 10.6. The summed E-state index contributed by atoms with van der Waals surface area (Å²) in [5, 5.41) is 9.48. The van der Waals surface area contributed by atoms with Crippen LogP contribution in [0.3, 0.4) is 0 Å². The van der Waals surface area contributed by atoms with E-state index in [-0.39, 0.29) is 6.04 Å². The molecule has 4 nitrogen and oxygen atoms in total. The van der Waals surface area contributed by atoms with Crippen molar-refractivity contribution in [1.29, 1.82) is 0 Å². The normalized spacial score (nSPS) is 25.9. The van der Waals surface area contributed by atoms with Crippen molar-refractivity contribution >= 4 is 6.09 Å². The maximum Gasteiger partial charge on any atom is 0.434 e. The minimum absolute atomic E-state index is 0.291. The molecule has 0 spiro atoms. The van der Waals surface area contributed by atoms with E-state index in [2.05, 4.69) is 11.3 Å². The van der Waals surface area contributed by atoms with Gasteiger partial charge in [-0.25, -0.2) is 4.79 Å². The first kappa shape index (κ1) is 7.08. The van der Waals surface area contributed by atoms with Gasteiger partial charge in [0.2, 0.25) is 0 Å². The van der Waals surface area contributed by atoms with Gasteiger partial charge in [0.1, 0.15) is 0 Å². The SMILES string of the molecule is C=CC1CCOC(=O)N1O. The Morgan fingerprint density at radius 2 is 2.60 bits per heavy atom. The van der Waals surface area contributed by atoms with E-state index in [1.807, 2.05) is 0 Å². The molecule has 0 saturated carbocycles. The number of amides is 1. The van der Waals surface area contributed by atoms with E-state index in [9.17, 15) is 4.79 Å². The number of hydroxylamine groups is 2. The first-order valence-corrected chi connectivity index (χ1v) is 3.03. The summed E-state index contributed by atoms with van der Waals surface area (Å²) in [5.74, 6) is 0. The van der Waals surface area contributed by atoms with Gasteiger partial charge in [-0.2, -0.15) is 5.06 Å². The standard InChI is InChI=1S/C6H9NO3/c1-2-5-3-4-10-6(8)7(5)9/h2,5,9H,1,3-4H2. The Labute approximate surface area is 58.7 Å². The number of carbonyl (C=O) groups is 1. The number of hydrogen-bond acceptors (Lipinski definition) is 3. The predicted octanol–water partition coefficient (Wildman–Crippen LogP) is 0.772. The highest BCUT2D eigenvalue weighted by Gasteiger charge is 2.25. The van der Waals surface area contributed by atoms with Crippen molar-refractivity contribution in [3.05, 3.63) is 12.7 Å². The number of carbonyl (C=O) groups excluding carboxylic acids is 1. The molecule has 1 aliphatic rings. The van der Waals surface area contributed by atoms with Gasteiger partial charge >= 0.3 is 6.09 Å². The second-order valence-corrected chi connectivity index (χ2v) is 2.05. The summed E-state index contributed by atoms with van der Waals surface area (Å²) in [6.07, 6.45) is 1.42. The third-order valence-corrected chi connectivity index (χ3v) is 1.41. The Hall–Kier alpha value is -1.03. The molecule has 0 aliphatic carbocycles. The lowest BCUT2D eigenvalue weighted by Gasteiger charge is -2.26. The molecule has 1 unspecified atom stereocenters. The van der Waals surface area contributed by atoms with Crippen LogP contribution >= 0.6 is 0 Å². The Bertz CT molecular complexity index is 157. The van der Waals surface area contributed by atoms with Crippen LogP contribution < -0.4 is 0 Å². The third-order valence-electron chi connectivity index (χ3n) is 1.41. The summed E-state index contributed by atoms with van der Waals surface area (Å²) in [5.41, 5.74) is 0. The molecule has 1 heterocycles. The minimum atomic E-state index is -0.698. The van der Waals surface area contributed by atoms with E-state index < -0.39 is 6.09 Å². The summed E-state index contributed by atoms with van der Waals surface area (Å²) in [6, 6.07) is -0.291. The Kier molecular flexibility index (Phi) is 1.91. The monoisotopic (exact) mass is 143 g/mol. The Morgan fingerprint density at radius 1 is 1.90 bits per heavy atom. The van der Waals surface area contributed by atoms with Gasteiger partial charge in [-0.3, -0.25) is 5.21 Å². The van der Waals surface area contributed by atoms with Crippen molar-refractivity contribution in [1.82, 2.24) is 5.06 Å². The maximum absolute atomic E-state index is 10.6. The van der Waals surface area contributed by atoms with Gasteiger partial charge in [-0.15, -0.1) is 6.58 Å². The molecule has 0 aromatic heterocycles. The van der Waals surface area contributed by atoms with Gasteiger partial charge in [-0.1, -0.05) is 6.08 Å². The molecule has 1 amide bonds. The second kappa shape index (κ2) is 2.70. The van der Waals surface area contributed by atoms with Crippen molar-refractivity contribution in [3.63, 3.8) is 0 Å². The first-order valence-electron chi connectivity index (χ1n) is 3.03. The number of rotatable bonds is 1. The second-order valence-electron chi connectivity index (χ2n) is 2.05. The molecule has 1 aliphatic heterocycles. The summed E-state index contributed by atoms with van der Waals surface area (Å²) in [7, 11) is 0. The molecule has 1 rings (SSSR count). The molecule has 1 fully saturated rings. The van der Waals surface area contributed by atoms with Crippen LogP contribution in [0.1, 0.15) is 6.42 Å². The van der Waals surface area contributed by atoms with E-state index >= 15 is 0 Å². The maximum atomic E-state index is 10.6. The Balaban J connectivity index is 2.59. The van der Waals surface area contributed by atoms with Gasteiger partial charge < -0.3 is 4.74 Å². The fraction of sp³-hybridized carbons (Fsp3) is 0.500. The predicted molar refractivity (Wildman–Crippen MR) is 33.6 cm³/mol. The van der Waals surface area contributed by atoms with Crippen LogP contribution in [0.5, 0.6) is 0 Å². The fourth-order valence-corrected chi connectivity index (χ4v) is 0.808. The Morgan fingerprint density at radius 3 is 3.10 bits per heavy atom. The molecule has 0 aromatic rings. The van der Waals surface area contributed by atoms with Crippen LogP contribution in [-0.4, -0.2) is 29.0 Å². The minimum Gasteiger partial charge on any atom is -0.448 e. The van der Waals surface area contributed by atoms with Crippen molar-refractivity contribution in [3.8, 4) is 0 Å². The largest absolute Gasteiger partial charge is 0.448 e. The highest BCUT2D eigenvalue weighted by atomic mass is 16.6. The zero-order valence-electron chi connectivity index (χ0n) is 5.49. The van der Waals surface area contributed by atoms with Crippen LogP contribution in [0.15, 0.2) is 12.7 Å². The van der Waals surface area contributed by atoms with Crippen LogP contribution in [-0.2, 0) is 4.74 Å². The molecule has 0 aromatic carbocycles. The molecule has 56 valence electrons.